The van der Waals surface area contributed by atoms with E-state index in [0.717, 1.165) is 19.3 Å². The van der Waals surface area contributed by atoms with Crippen LogP contribution in [0.15, 0.2) is 53.5 Å². The van der Waals surface area contributed by atoms with Crippen LogP contribution in [0, 0.1) is 0 Å². The second-order valence-electron chi connectivity index (χ2n) is 5.54. The lowest BCUT2D eigenvalue weighted by molar-refractivity contribution is 0.0695. The second kappa shape index (κ2) is 5.56. The van der Waals surface area contributed by atoms with Gasteiger partial charge in [-0.3, -0.25) is 4.79 Å². The topological polar surface area (TPSA) is 59.3 Å². The summed E-state index contributed by atoms with van der Waals surface area (Å²) >= 11 is 0. The molecule has 0 bridgehead atoms. The Morgan fingerprint density at radius 3 is 2.57 bits per heavy atom. The fraction of sp³-hybridized carbons (Fsp3) is 0.294. The van der Waals surface area contributed by atoms with Crippen LogP contribution in [0.25, 0.3) is 0 Å². The standard InChI is InChI=1S/C17H17NO3/c19-16-9-7-14(17(20)21)11-18(16)15-8-6-13(10-15)12-4-2-1-3-5-12/h1-5,7,9,11,13,15H,6,8,10H2,(H,20,21)/t13-,15-/m1/s1. The van der Waals surface area contributed by atoms with E-state index in [9.17, 15) is 9.59 Å². The van der Waals surface area contributed by atoms with E-state index in [-0.39, 0.29) is 17.2 Å². The number of aromatic carboxylic acids is 1. The summed E-state index contributed by atoms with van der Waals surface area (Å²) in [4.78, 5) is 23.0. The number of benzene rings is 1. The van der Waals surface area contributed by atoms with Crippen LogP contribution >= 0.6 is 0 Å². The Balaban J connectivity index is 1.85. The van der Waals surface area contributed by atoms with Gasteiger partial charge in [0, 0.05) is 18.3 Å². The SMILES string of the molecule is O=C(O)c1ccc(=O)n([C@@H]2CC[C@@H](c3ccccc3)C2)c1. The van der Waals surface area contributed by atoms with E-state index in [0.29, 0.717) is 5.92 Å². The molecule has 3 rings (SSSR count). The lowest BCUT2D eigenvalue weighted by Crippen LogP contribution is -2.23. The van der Waals surface area contributed by atoms with Gasteiger partial charge in [0.15, 0.2) is 0 Å². The summed E-state index contributed by atoms with van der Waals surface area (Å²) in [5.41, 5.74) is 1.33. The van der Waals surface area contributed by atoms with Crippen molar-refractivity contribution < 1.29 is 9.90 Å². The van der Waals surface area contributed by atoms with Gasteiger partial charge in [0.2, 0.25) is 0 Å². The minimum absolute atomic E-state index is 0.0852. The summed E-state index contributed by atoms with van der Waals surface area (Å²) in [6, 6.07) is 13.1. The number of pyridine rings is 1. The Morgan fingerprint density at radius 1 is 1.10 bits per heavy atom. The number of carboxylic acids is 1. The zero-order valence-corrected chi connectivity index (χ0v) is 11.6. The number of hydrogen-bond donors (Lipinski definition) is 1. The molecule has 2 aromatic rings. The molecule has 0 amide bonds. The highest BCUT2D eigenvalue weighted by Gasteiger charge is 2.27. The molecule has 108 valence electrons. The highest BCUT2D eigenvalue weighted by atomic mass is 16.4. The Kier molecular flexibility index (Phi) is 3.60. The fourth-order valence-electron chi connectivity index (χ4n) is 3.15. The maximum absolute atomic E-state index is 12.0. The third kappa shape index (κ3) is 2.75. The van der Waals surface area contributed by atoms with E-state index in [1.807, 2.05) is 18.2 Å². The van der Waals surface area contributed by atoms with Gasteiger partial charge in [-0.05, 0) is 36.8 Å². The molecule has 1 heterocycles. The van der Waals surface area contributed by atoms with Crippen LogP contribution in [0.5, 0.6) is 0 Å². The molecule has 1 aliphatic rings. The predicted octanol–water partition coefficient (Wildman–Crippen LogP) is 3.06. The highest BCUT2D eigenvalue weighted by Crippen LogP contribution is 2.40. The maximum Gasteiger partial charge on any atom is 0.337 e. The zero-order valence-electron chi connectivity index (χ0n) is 11.6. The van der Waals surface area contributed by atoms with E-state index in [1.165, 1.54) is 23.9 Å². The van der Waals surface area contributed by atoms with Crippen molar-refractivity contribution in [2.45, 2.75) is 31.2 Å². The molecule has 0 aliphatic heterocycles. The minimum Gasteiger partial charge on any atom is -0.478 e. The van der Waals surface area contributed by atoms with Gasteiger partial charge in [0.25, 0.3) is 5.56 Å². The monoisotopic (exact) mass is 283 g/mol. The number of rotatable bonds is 3. The highest BCUT2D eigenvalue weighted by molar-refractivity contribution is 5.87. The van der Waals surface area contributed by atoms with E-state index in [1.54, 1.807) is 4.57 Å². The van der Waals surface area contributed by atoms with Crippen LogP contribution in [0.1, 0.15) is 47.1 Å². The molecule has 0 spiro atoms. The van der Waals surface area contributed by atoms with Crippen LogP contribution in [0.2, 0.25) is 0 Å². The Hall–Kier alpha value is -2.36. The summed E-state index contributed by atoms with van der Waals surface area (Å²) in [5.74, 6) is -0.557. The van der Waals surface area contributed by atoms with Gasteiger partial charge in [-0.25, -0.2) is 4.79 Å². The van der Waals surface area contributed by atoms with E-state index in [2.05, 4.69) is 12.1 Å². The Bertz CT molecular complexity index is 705. The molecule has 4 nitrogen and oxygen atoms in total. The molecule has 1 N–H and O–H groups in total. The van der Waals surface area contributed by atoms with Crippen LogP contribution < -0.4 is 5.56 Å². The third-order valence-corrected chi connectivity index (χ3v) is 4.25. The molecule has 1 saturated carbocycles. The van der Waals surface area contributed by atoms with Crippen LogP contribution in [0.4, 0.5) is 0 Å². The van der Waals surface area contributed by atoms with E-state index < -0.39 is 5.97 Å². The van der Waals surface area contributed by atoms with Gasteiger partial charge < -0.3 is 9.67 Å². The molecular formula is C17H17NO3. The lowest BCUT2D eigenvalue weighted by atomic mass is 9.97. The lowest BCUT2D eigenvalue weighted by Gasteiger charge is -2.15. The molecule has 2 atom stereocenters. The molecule has 4 heteroatoms. The van der Waals surface area contributed by atoms with Gasteiger partial charge in [0.1, 0.15) is 0 Å². The van der Waals surface area contributed by atoms with Crippen LogP contribution in [-0.4, -0.2) is 15.6 Å². The summed E-state index contributed by atoms with van der Waals surface area (Å²) in [7, 11) is 0. The summed E-state index contributed by atoms with van der Waals surface area (Å²) in [5, 5.41) is 9.06. The third-order valence-electron chi connectivity index (χ3n) is 4.25. The first-order chi connectivity index (χ1) is 10.1. The second-order valence-corrected chi connectivity index (χ2v) is 5.54. The van der Waals surface area contributed by atoms with Crippen molar-refractivity contribution in [3.8, 4) is 0 Å². The first-order valence-electron chi connectivity index (χ1n) is 7.15. The van der Waals surface area contributed by atoms with Crippen LogP contribution in [-0.2, 0) is 0 Å². The van der Waals surface area contributed by atoms with E-state index >= 15 is 0 Å². The molecule has 1 aliphatic carbocycles. The number of aromatic nitrogens is 1. The average Bonchev–Trinajstić information content (AvgIpc) is 2.98. The van der Waals surface area contributed by atoms with Crippen molar-refractivity contribution in [3.63, 3.8) is 0 Å². The fourth-order valence-corrected chi connectivity index (χ4v) is 3.15. The smallest absolute Gasteiger partial charge is 0.337 e. The molecule has 0 unspecified atom stereocenters. The maximum atomic E-state index is 12.0. The quantitative estimate of drug-likeness (QED) is 0.941. The molecule has 1 aromatic heterocycles. The van der Waals surface area contributed by atoms with Gasteiger partial charge in [-0.2, -0.15) is 0 Å². The van der Waals surface area contributed by atoms with E-state index in [4.69, 9.17) is 5.11 Å². The van der Waals surface area contributed by atoms with Crippen molar-refractivity contribution in [2.24, 2.45) is 0 Å². The molecular weight excluding hydrogens is 266 g/mol. The summed E-state index contributed by atoms with van der Waals surface area (Å²) in [6.07, 6.45) is 4.29. The number of hydrogen-bond acceptors (Lipinski definition) is 2. The summed E-state index contributed by atoms with van der Waals surface area (Å²) in [6.45, 7) is 0. The predicted molar refractivity (Wildman–Crippen MR) is 79.7 cm³/mol. The van der Waals surface area contributed by atoms with Gasteiger partial charge in [-0.15, -0.1) is 0 Å². The minimum atomic E-state index is -0.999. The largest absolute Gasteiger partial charge is 0.478 e. The number of nitrogens with zero attached hydrogens (tertiary/aromatic N) is 1. The average molecular weight is 283 g/mol. The molecule has 0 radical (unpaired) electrons. The first kappa shape index (κ1) is 13.6. The van der Waals surface area contributed by atoms with Crippen molar-refractivity contribution in [3.05, 3.63) is 70.1 Å². The van der Waals surface area contributed by atoms with Crippen molar-refractivity contribution in [1.82, 2.24) is 4.57 Å². The summed E-state index contributed by atoms with van der Waals surface area (Å²) < 4.78 is 1.59. The number of carboxylic acid groups (broad SMARTS) is 1. The zero-order chi connectivity index (χ0) is 14.8. The van der Waals surface area contributed by atoms with Gasteiger partial charge in [0.05, 0.1) is 5.56 Å². The van der Waals surface area contributed by atoms with Gasteiger partial charge in [-0.1, -0.05) is 30.3 Å². The Morgan fingerprint density at radius 2 is 1.86 bits per heavy atom. The van der Waals surface area contributed by atoms with Gasteiger partial charge >= 0.3 is 5.97 Å². The van der Waals surface area contributed by atoms with Crippen molar-refractivity contribution >= 4 is 5.97 Å². The molecule has 0 saturated heterocycles. The Labute approximate surface area is 122 Å². The normalized spacial score (nSPS) is 21.3. The molecule has 21 heavy (non-hydrogen) atoms. The number of carbonyl (C=O) groups is 1. The molecule has 1 aromatic carbocycles. The molecule has 1 fully saturated rings. The van der Waals surface area contributed by atoms with Crippen molar-refractivity contribution in [2.75, 3.05) is 0 Å². The van der Waals surface area contributed by atoms with Crippen molar-refractivity contribution in [1.29, 1.82) is 0 Å². The van der Waals surface area contributed by atoms with Crippen LogP contribution in [0.3, 0.4) is 0 Å². The first-order valence-corrected chi connectivity index (χ1v) is 7.15.